The van der Waals surface area contributed by atoms with Crippen LogP contribution in [0.2, 0.25) is 0 Å². The average Bonchev–Trinajstić information content (AvgIpc) is 3.00. The fourth-order valence-corrected chi connectivity index (χ4v) is 3.64. The normalized spacial score (nSPS) is 19.1. The third-order valence-electron chi connectivity index (χ3n) is 5.18. The van der Waals surface area contributed by atoms with Crippen LogP contribution in [0.3, 0.4) is 0 Å². The lowest BCUT2D eigenvalue weighted by Crippen LogP contribution is -2.52. The van der Waals surface area contributed by atoms with E-state index in [0.29, 0.717) is 17.6 Å². The number of rotatable bonds is 17. The maximum atomic E-state index is 11.2. The van der Waals surface area contributed by atoms with Gasteiger partial charge >= 0.3 is 5.97 Å². The Labute approximate surface area is 165 Å². The van der Waals surface area contributed by atoms with Gasteiger partial charge in [0.2, 0.25) is 5.84 Å². The molecule has 5 heteroatoms. The van der Waals surface area contributed by atoms with Crippen LogP contribution in [-0.2, 0) is 4.79 Å². The van der Waals surface area contributed by atoms with E-state index < -0.39 is 5.97 Å². The van der Waals surface area contributed by atoms with Crippen LogP contribution in [-0.4, -0.2) is 41.0 Å². The first-order chi connectivity index (χ1) is 13.1. The highest BCUT2D eigenvalue weighted by Gasteiger charge is 2.36. The number of nitrogens with two attached hydrogens (primary N) is 1. The third kappa shape index (κ3) is 9.87. The topological polar surface area (TPSA) is 75.7 Å². The van der Waals surface area contributed by atoms with Crippen LogP contribution in [0, 0.1) is 0 Å². The van der Waals surface area contributed by atoms with Crippen molar-refractivity contribution in [2.75, 3.05) is 19.6 Å². The maximum Gasteiger partial charge on any atom is 0.360 e. The van der Waals surface area contributed by atoms with Crippen LogP contribution < -0.4 is 5.73 Å². The summed E-state index contributed by atoms with van der Waals surface area (Å²) in [4.78, 5) is 15.7. The van der Waals surface area contributed by atoms with E-state index in [9.17, 15) is 9.90 Å². The molecule has 0 amide bonds. The molecule has 0 aromatic carbocycles. The highest BCUT2D eigenvalue weighted by molar-refractivity contribution is 5.81. The minimum atomic E-state index is -0.802. The Morgan fingerprint density at radius 2 is 1.70 bits per heavy atom. The molecule has 0 aromatic rings. The number of allylic oxidation sites excluding steroid dienone is 2. The molecule has 0 bridgehead atoms. The maximum absolute atomic E-state index is 11.2. The van der Waals surface area contributed by atoms with E-state index in [-0.39, 0.29) is 6.54 Å². The molecule has 0 spiro atoms. The fourth-order valence-electron chi connectivity index (χ4n) is 3.64. The molecular weight excluding hydrogens is 338 g/mol. The lowest BCUT2D eigenvalue weighted by Gasteiger charge is -2.30. The molecule has 0 fully saturated rings. The van der Waals surface area contributed by atoms with Gasteiger partial charge < -0.3 is 10.8 Å². The summed E-state index contributed by atoms with van der Waals surface area (Å²) >= 11 is 0. The number of aliphatic imine (C=N–C) groups is 1. The number of unbranched alkanes of at least 4 members (excludes halogenated alkanes) is 9. The molecule has 154 valence electrons. The standard InChI is InChI=1S/C22H39N3O2/c1-2-3-4-5-6-7-8-9-10-11-12-13-14-15-21-24-17-19-25(21,18-16-23)20-22(26)27/h4-5,17,19H,2-3,6-16,18,20,23H2,1H3/p+1/b5-4+. The van der Waals surface area contributed by atoms with E-state index in [1.54, 1.807) is 6.20 Å². The Morgan fingerprint density at radius 1 is 1.07 bits per heavy atom. The minimum absolute atomic E-state index is 0.0418. The summed E-state index contributed by atoms with van der Waals surface area (Å²) in [7, 11) is 0. The van der Waals surface area contributed by atoms with Crippen LogP contribution in [0.15, 0.2) is 29.5 Å². The Bertz CT molecular complexity index is 500. The molecule has 1 aliphatic rings. The summed E-state index contributed by atoms with van der Waals surface area (Å²) in [6.45, 7) is 3.33. The number of hydrogen-bond donors (Lipinski definition) is 2. The van der Waals surface area contributed by atoms with Crippen molar-refractivity contribution in [2.24, 2.45) is 10.7 Å². The quantitative estimate of drug-likeness (QED) is 0.213. The molecule has 1 atom stereocenters. The van der Waals surface area contributed by atoms with E-state index in [0.717, 1.165) is 18.7 Å². The molecular formula is C22H40N3O2+. The van der Waals surface area contributed by atoms with Gasteiger partial charge in [0.15, 0.2) is 6.54 Å². The largest absolute Gasteiger partial charge is 0.477 e. The van der Waals surface area contributed by atoms with Crippen LogP contribution in [0.4, 0.5) is 0 Å². The molecule has 1 heterocycles. The fraction of sp³-hybridized carbons (Fsp3) is 0.727. The summed E-state index contributed by atoms with van der Waals surface area (Å²) in [5, 5.41) is 9.22. The van der Waals surface area contributed by atoms with Crippen LogP contribution in [0.1, 0.15) is 84.0 Å². The van der Waals surface area contributed by atoms with E-state index in [1.807, 2.05) is 6.20 Å². The van der Waals surface area contributed by atoms with Crippen molar-refractivity contribution in [2.45, 2.75) is 84.0 Å². The van der Waals surface area contributed by atoms with Gasteiger partial charge in [0, 0.05) is 13.0 Å². The van der Waals surface area contributed by atoms with Gasteiger partial charge in [0.25, 0.3) is 0 Å². The Kier molecular flexibility index (Phi) is 12.7. The lowest BCUT2D eigenvalue weighted by molar-refractivity contribution is -0.778. The number of hydrogen-bond acceptors (Lipinski definition) is 3. The first kappa shape index (κ1) is 23.6. The highest BCUT2D eigenvalue weighted by Crippen LogP contribution is 2.21. The van der Waals surface area contributed by atoms with Crippen molar-refractivity contribution in [3.63, 3.8) is 0 Å². The molecule has 0 radical (unpaired) electrons. The van der Waals surface area contributed by atoms with Gasteiger partial charge in [-0.3, -0.25) is 0 Å². The zero-order valence-electron chi connectivity index (χ0n) is 17.2. The van der Waals surface area contributed by atoms with Gasteiger partial charge in [-0.25, -0.2) is 14.3 Å². The van der Waals surface area contributed by atoms with Crippen molar-refractivity contribution in [1.82, 2.24) is 0 Å². The number of amidine groups is 1. The summed E-state index contributed by atoms with van der Waals surface area (Å²) in [6.07, 6.45) is 23.0. The minimum Gasteiger partial charge on any atom is -0.477 e. The summed E-state index contributed by atoms with van der Waals surface area (Å²) in [5.41, 5.74) is 5.70. The third-order valence-corrected chi connectivity index (χ3v) is 5.18. The van der Waals surface area contributed by atoms with E-state index in [4.69, 9.17) is 5.73 Å². The number of carbonyl (C=O) groups is 1. The van der Waals surface area contributed by atoms with Crippen LogP contribution >= 0.6 is 0 Å². The summed E-state index contributed by atoms with van der Waals surface area (Å²) < 4.78 is 0.304. The monoisotopic (exact) mass is 378 g/mol. The van der Waals surface area contributed by atoms with Crippen molar-refractivity contribution in [1.29, 1.82) is 0 Å². The lowest BCUT2D eigenvalue weighted by atomic mass is 10.1. The molecule has 1 rings (SSSR count). The Hall–Kier alpha value is -1.46. The molecule has 0 saturated heterocycles. The van der Waals surface area contributed by atoms with Crippen molar-refractivity contribution >= 4 is 11.8 Å². The Morgan fingerprint density at radius 3 is 2.33 bits per heavy atom. The molecule has 0 aromatic heterocycles. The number of carboxylic acid groups (broad SMARTS) is 1. The second kappa shape index (κ2) is 14.6. The van der Waals surface area contributed by atoms with Crippen LogP contribution in [0.25, 0.3) is 0 Å². The van der Waals surface area contributed by atoms with Gasteiger partial charge in [-0.1, -0.05) is 64.0 Å². The Balaban J connectivity index is 2.08. The predicted octanol–water partition coefficient (Wildman–Crippen LogP) is 4.99. The molecule has 5 nitrogen and oxygen atoms in total. The molecule has 1 aliphatic heterocycles. The summed E-state index contributed by atoms with van der Waals surface area (Å²) in [6, 6.07) is 0. The zero-order valence-corrected chi connectivity index (χ0v) is 17.2. The number of nitrogens with zero attached hydrogens (tertiary/aromatic N) is 2. The van der Waals surface area contributed by atoms with Crippen molar-refractivity contribution in [3.05, 3.63) is 24.6 Å². The molecule has 1 unspecified atom stereocenters. The number of quaternary nitrogens is 1. The van der Waals surface area contributed by atoms with E-state index >= 15 is 0 Å². The van der Waals surface area contributed by atoms with Crippen LogP contribution in [0.5, 0.6) is 0 Å². The zero-order chi connectivity index (χ0) is 19.8. The van der Waals surface area contributed by atoms with Gasteiger partial charge in [-0.05, 0) is 25.7 Å². The molecule has 27 heavy (non-hydrogen) atoms. The molecule has 0 aliphatic carbocycles. The number of aliphatic carboxylic acids is 1. The second-order valence-corrected chi connectivity index (χ2v) is 7.57. The highest BCUT2D eigenvalue weighted by atomic mass is 16.4. The first-order valence-corrected chi connectivity index (χ1v) is 10.8. The van der Waals surface area contributed by atoms with Gasteiger partial charge in [0.05, 0.1) is 6.20 Å². The van der Waals surface area contributed by atoms with E-state index in [1.165, 1.54) is 64.2 Å². The SMILES string of the molecule is CCC/C=C/CCCCCCCCCCC1=NC=C[N+]1(CCN)CC(=O)O. The van der Waals surface area contributed by atoms with E-state index in [2.05, 4.69) is 24.1 Å². The molecule has 0 saturated carbocycles. The number of carboxylic acids is 1. The second-order valence-electron chi connectivity index (χ2n) is 7.57. The van der Waals surface area contributed by atoms with Crippen molar-refractivity contribution < 1.29 is 14.4 Å². The van der Waals surface area contributed by atoms with Gasteiger partial charge in [0.1, 0.15) is 12.7 Å². The summed E-state index contributed by atoms with van der Waals surface area (Å²) in [5.74, 6) is 0.155. The molecule has 3 N–H and O–H groups in total. The smallest absolute Gasteiger partial charge is 0.360 e. The first-order valence-electron chi connectivity index (χ1n) is 10.8. The van der Waals surface area contributed by atoms with Gasteiger partial charge in [-0.15, -0.1) is 0 Å². The average molecular weight is 379 g/mol. The van der Waals surface area contributed by atoms with Gasteiger partial charge in [-0.2, -0.15) is 0 Å². The van der Waals surface area contributed by atoms with Crippen molar-refractivity contribution in [3.8, 4) is 0 Å². The predicted molar refractivity (Wildman–Crippen MR) is 113 cm³/mol.